The average Bonchev–Trinajstić information content (AvgIpc) is 3.34. The number of aliphatic hydroxyl groups is 2. The van der Waals surface area contributed by atoms with Crippen LogP contribution < -0.4 is 5.32 Å². The summed E-state index contributed by atoms with van der Waals surface area (Å²) in [4.78, 5) is 24.5. The van der Waals surface area contributed by atoms with Crippen LogP contribution in [-0.4, -0.2) is 47.4 Å². The number of hydrogen-bond acceptors (Lipinski definition) is 5. The Hall–Kier alpha value is -1.92. The molecule has 2 unspecified atom stereocenters. The van der Waals surface area contributed by atoms with Crippen molar-refractivity contribution in [3.05, 3.63) is 36.5 Å². The lowest BCUT2D eigenvalue weighted by atomic mass is 10.0. The van der Waals surface area contributed by atoms with Crippen LogP contribution in [0.5, 0.6) is 0 Å². The van der Waals surface area contributed by atoms with E-state index in [0.717, 1.165) is 70.6 Å². The lowest BCUT2D eigenvalue weighted by Crippen LogP contribution is -2.45. The van der Waals surface area contributed by atoms with Crippen molar-refractivity contribution < 1.29 is 24.5 Å². The summed E-state index contributed by atoms with van der Waals surface area (Å²) in [6.45, 7) is 4.82. The summed E-state index contributed by atoms with van der Waals surface area (Å²) >= 11 is 0. The van der Waals surface area contributed by atoms with Gasteiger partial charge < -0.3 is 20.3 Å². The first kappa shape index (κ1) is 66.1. The molecule has 400 valence electrons. The Bertz CT molecular complexity index is 1100. The Labute approximate surface area is 424 Å². The van der Waals surface area contributed by atoms with Crippen molar-refractivity contribution in [2.45, 2.75) is 334 Å². The number of amides is 1. The second kappa shape index (κ2) is 57.7. The van der Waals surface area contributed by atoms with Gasteiger partial charge in [0, 0.05) is 12.8 Å². The van der Waals surface area contributed by atoms with Crippen LogP contribution in [0.3, 0.4) is 0 Å². The number of carbonyl (C=O) groups excluding carboxylic acids is 2. The van der Waals surface area contributed by atoms with E-state index in [1.54, 1.807) is 6.08 Å². The first-order valence-corrected chi connectivity index (χ1v) is 30.3. The normalized spacial score (nSPS) is 12.8. The van der Waals surface area contributed by atoms with E-state index < -0.39 is 12.1 Å². The third-order valence-corrected chi connectivity index (χ3v) is 13.9. The maximum absolute atomic E-state index is 12.5. The van der Waals surface area contributed by atoms with Crippen LogP contribution in [0.4, 0.5) is 0 Å². The van der Waals surface area contributed by atoms with Gasteiger partial charge in [0.1, 0.15) is 0 Å². The molecule has 0 fully saturated rings. The van der Waals surface area contributed by atoms with E-state index in [4.69, 9.17) is 4.74 Å². The van der Waals surface area contributed by atoms with Crippen LogP contribution in [0, 0.1) is 0 Å². The molecule has 1 amide bonds. The van der Waals surface area contributed by atoms with Gasteiger partial charge in [0.15, 0.2) is 0 Å². The summed E-state index contributed by atoms with van der Waals surface area (Å²) < 4.78 is 5.45. The fraction of sp³-hybridized carbons (Fsp3) is 0.871. The smallest absolute Gasteiger partial charge is 0.305 e. The first-order valence-electron chi connectivity index (χ1n) is 30.3. The number of aliphatic hydroxyl groups excluding tert-OH is 2. The SMILES string of the molecule is CCC/C=C\C/C=C\CCCCCCCC(=O)OCCCCCCCCCCCCCCCC(=O)NC(CO)C(O)/C=C/CCCCCCCCCCCCCCCCCCCCCCCCC. The zero-order chi connectivity index (χ0) is 49.3. The fourth-order valence-electron chi connectivity index (χ4n) is 9.26. The molecular formula is C62H117NO5. The molecule has 0 radical (unpaired) electrons. The van der Waals surface area contributed by atoms with Crippen LogP contribution in [-0.2, 0) is 14.3 Å². The molecule has 3 N–H and O–H groups in total. The monoisotopic (exact) mass is 956 g/mol. The van der Waals surface area contributed by atoms with Crippen molar-refractivity contribution in [2.24, 2.45) is 0 Å². The Morgan fingerprint density at radius 1 is 0.412 bits per heavy atom. The molecule has 0 bridgehead atoms. The van der Waals surface area contributed by atoms with Crippen LogP contribution in [0.25, 0.3) is 0 Å². The number of unbranched alkanes of at least 4 members (excludes halogenated alkanes) is 41. The van der Waals surface area contributed by atoms with E-state index in [2.05, 4.69) is 43.5 Å². The highest BCUT2D eigenvalue weighted by Crippen LogP contribution is 2.17. The Balaban J connectivity index is 3.48. The number of rotatable bonds is 56. The van der Waals surface area contributed by atoms with Gasteiger partial charge in [-0.05, 0) is 57.8 Å². The topological polar surface area (TPSA) is 95.9 Å². The average molecular weight is 957 g/mol. The van der Waals surface area contributed by atoms with Gasteiger partial charge in [-0.25, -0.2) is 0 Å². The highest BCUT2D eigenvalue weighted by molar-refractivity contribution is 5.76. The van der Waals surface area contributed by atoms with Crippen LogP contribution in [0.2, 0.25) is 0 Å². The van der Waals surface area contributed by atoms with E-state index in [9.17, 15) is 19.8 Å². The molecule has 0 aliphatic heterocycles. The molecule has 0 saturated heterocycles. The minimum absolute atomic E-state index is 0.0218. The number of allylic oxidation sites excluding steroid dienone is 5. The summed E-state index contributed by atoms with van der Waals surface area (Å²) in [6.07, 6.45) is 71.7. The molecule has 0 aromatic carbocycles. The maximum Gasteiger partial charge on any atom is 0.305 e. The quantitative estimate of drug-likeness (QED) is 0.0321. The summed E-state index contributed by atoms with van der Waals surface area (Å²) in [6, 6.07) is -0.640. The highest BCUT2D eigenvalue weighted by atomic mass is 16.5. The van der Waals surface area contributed by atoms with Gasteiger partial charge in [-0.3, -0.25) is 9.59 Å². The van der Waals surface area contributed by atoms with Crippen molar-refractivity contribution in [1.29, 1.82) is 0 Å². The first-order chi connectivity index (χ1) is 33.5. The van der Waals surface area contributed by atoms with Gasteiger partial charge in [0.2, 0.25) is 5.91 Å². The molecule has 0 spiro atoms. The number of esters is 1. The number of hydrogen-bond donors (Lipinski definition) is 3. The zero-order valence-corrected chi connectivity index (χ0v) is 45.6. The van der Waals surface area contributed by atoms with Crippen molar-refractivity contribution in [3.63, 3.8) is 0 Å². The minimum atomic E-state index is -0.855. The van der Waals surface area contributed by atoms with Crippen molar-refractivity contribution >= 4 is 11.9 Å². The predicted molar refractivity (Wildman–Crippen MR) is 296 cm³/mol. The summed E-state index contributed by atoms with van der Waals surface area (Å²) in [5, 5.41) is 23.2. The summed E-state index contributed by atoms with van der Waals surface area (Å²) in [5.41, 5.74) is 0. The van der Waals surface area contributed by atoms with Crippen molar-refractivity contribution in [3.8, 4) is 0 Å². The fourth-order valence-corrected chi connectivity index (χ4v) is 9.26. The predicted octanol–water partition coefficient (Wildman–Crippen LogP) is 18.8. The van der Waals surface area contributed by atoms with Gasteiger partial charge in [0.25, 0.3) is 0 Å². The summed E-state index contributed by atoms with van der Waals surface area (Å²) in [5.74, 6) is -0.101. The van der Waals surface area contributed by atoms with E-state index in [1.807, 2.05) is 6.08 Å². The van der Waals surface area contributed by atoms with Crippen molar-refractivity contribution in [1.82, 2.24) is 5.32 Å². The van der Waals surface area contributed by atoms with E-state index >= 15 is 0 Å². The highest BCUT2D eigenvalue weighted by Gasteiger charge is 2.18. The second-order valence-electron chi connectivity index (χ2n) is 20.7. The van der Waals surface area contributed by atoms with E-state index in [-0.39, 0.29) is 18.5 Å². The molecular weight excluding hydrogens is 839 g/mol. The minimum Gasteiger partial charge on any atom is -0.466 e. The molecule has 0 saturated carbocycles. The van der Waals surface area contributed by atoms with Gasteiger partial charge >= 0.3 is 5.97 Å². The Morgan fingerprint density at radius 2 is 0.765 bits per heavy atom. The molecule has 0 aliphatic carbocycles. The molecule has 6 heteroatoms. The van der Waals surface area contributed by atoms with Crippen LogP contribution in [0.1, 0.15) is 322 Å². The lowest BCUT2D eigenvalue weighted by Gasteiger charge is -2.20. The second-order valence-corrected chi connectivity index (χ2v) is 20.7. The molecule has 0 aromatic heterocycles. The third-order valence-electron chi connectivity index (χ3n) is 13.9. The molecule has 2 atom stereocenters. The van der Waals surface area contributed by atoms with Gasteiger partial charge in [0.05, 0.1) is 25.4 Å². The molecule has 68 heavy (non-hydrogen) atoms. The lowest BCUT2D eigenvalue weighted by molar-refractivity contribution is -0.143. The van der Waals surface area contributed by atoms with E-state index in [1.165, 1.54) is 225 Å². The Kier molecular flexibility index (Phi) is 56.0. The number of ether oxygens (including phenoxy) is 1. The van der Waals surface area contributed by atoms with Gasteiger partial charge in [-0.1, -0.05) is 288 Å². The maximum atomic E-state index is 12.5. The standard InChI is InChI=1S/C62H117NO5/c1-3-5-7-9-11-13-15-17-18-19-20-21-22-23-24-25-26-27-28-31-34-38-42-46-50-54-60(65)59(58-64)63-61(66)55-51-47-43-39-35-32-29-33-37-41-45-49-53-57-68-62(67)56-52-48-44-40-36-30-16-14-12-10-8-6-4-2/h8,10,14,16,50,54,59-60,64-65H,3-7,9,11-13,15,17-49,51-53,55-58H2,1-2H3,(H,63,66)/b10-8-,16-14-,54-50+. The zero-order valence-electron chi connectivity index (χ0n) is 45.6. The van der Waals surface area contributed by atoms with Crippen LogP contribution in [0.15, 0.2) is 36.5 Å². The van der Waals surface area contributed by atoms with Crippen molar-refractivity contribution in [2.75, 3.05) is 13.2 Å². The molecule has 0 aliphatic rings. The van der Waals surface area contributed by atoms with Gasteiger partial charge in [-0.15, -0.1) is 0 Å². The number of carbonyl (C=O) groups is 2. The van der Waals surface area contributed by atoms with Crippen LogP contribution >= 0.6 is 0 Å². The summed E-state index contributed by atoms with van der Waals surface area (Å²) in [7, 11) is 0. The number of nitrogens with one attached hydrogen (secondary N) is 1. The molecule has 0 aromatic rings. The molecule has 0 rings (SSSR count). The molecule has 6 nitrogen and oxygen atoms in total. The Morgan fingerprint density at radius 3 is 1.18 bits per heavy atom. The van der Waals surface area contributed by atoms with E-state index in [0.29, 0.717) is 19.4 Å². The molecule has 0 heterocycles. The largest absolute Gasteiger partial charge is 0.466 e. The van der Waals surface area contributed by atoms with Gasteiger partial charge in [-0.2, -0.15) is 0 Å². The third kappa shape index (κ3) is 53.4.